The second-order valence-electron chi connectivity index (χ2n) is 5.75. The zero-order chi connectivity index (χ0) is 14.8. The highest BCUT2D eigenvalue weighted by atomic mass is 35.5. The molecule has 1 saturated heterocycles. The average Bonchev–Trinajstić information content (AvgIpc) is 2.85. The minimum absolute atomic E-state index is 0.154. The first-order valence-electron chi connectivity index (χ1n) is 7.22. The second-order valence-corrected chi connectivity index (χ2v) is 6.16. The van der Waals surface area contributed by atoms with Crippen molar-refractivity contribution in [2.24, 2.45) is 5.41 Å². The van der Waals surface area contributed by atoms with Gasteiger partial charge in [0.05, 0.1) is 5.41 Å². The molecule has 0 bridgehead atoms. The normalized spacial score (nSPS) is 24.8. The summed E-state index contributed by atoms with van der Waals surface area (Å²) in [6, 6.07) is 7.96. The molecular formula is C16H22ClNO2. The van der Waals surface area contributed by atoms with Crippen molar-refractivity contribution in [3.8, 4) is 0 Å². The Morgan fingerprint density at radius 2 is 2.20 bits per heavy atom. The maximum Gasteiger partial charge on any atom is 0.310 e. The lowest BCUT2D eigenvalue weighted by Crippen LogP contribution is -2.35. The Bertz CT molecular complexity index is 491. The van der Waals surface area contributed by atoms with Gasteiger partial charge in [0.2, 0.25) is 0 Å². The van der Waals surface area contributed by atoms with Gasteiger partial charge in [0.25, 0.3) is 0 Å². The maximum absolute atomic E-state index is 11.6. The van der Waals surface area contributed by atoms with Crippen molar-refractivity contribution in [1.29, 1.82) is 0 Å². The first-order valence-corrected chi connectivity index (χ1v) is 7.60. The molecular weight excluding hydrogens is 274 g/mol. The van der Waals surface area contributed by atoms with Gasteiger partial charge >= 0.3 is 5.97 Å². The van der Waals surface area contributed by atoms with Gasteiger partial charge in [0, 0.05) is 17.6 Å². The molecule has 20 heavy (non-hydrogen) atoms. The van der Waals surface area contributed by atoms with E-state index in [1.54, 1.807) is 0 Å². The molecule has 0 radical (unpaired) electrons. The van der Waals surface area contributed by atoms with E-state index < -0.39 is 11.4 Å². The highest BCUT2D eigenvalue weighted by Gasteiger charge is 2.45. The number of aliphatic carboxylic acids is 1. The molecule has 4 heteroatoms. The molecule has 2 unspecified atom stereocenters. The summed E-state index contributed by atoms with van der Waals surface area (Å²) in [4.78, 5) is 13.9. The number of nitrogens with zero attached hydrogens (tertiary/aromatic N) is 1. The van der Waals surface area contributed by atoms with Gasteiger partial charge < -0.3 is 5.11 Å². The van der Waals surface area contributed by atoms with Crippen LogP contribution in [0.15, 0.2) is 24.3 Å². The molecule has 2 atom stereocenters. The van der Waals surface area contributed by atoms with Gasteiger partial charge in [-0.2, -0.15) is 0 Å². The van der Waals surface area contributed by atoms with Crippen LogP contribution in [-0.2, 0) is 4.79 Å². The predicted octanol–water partition coefficient (Wildman–Crippen LogP) is 3.98. The Morgan fingerprint density at radius 1 is 1.50 bits per heavy atom. The van der Waals surface area contributed by atoms with E-state index in [4.69, 9.17) is 11.6 Å². The molecule has 1 aliphatic rings. The Labute approximate surface area is 125 Å². The van der Waals surface area contributed by atoms with Gasteiger partial charge in [0.15, 0.2) is 0 Å². The number of halogens is 1. The molecule has 1 N–H and O–H groups in total. The fourth-order valence-corrected chi connectivity index (χ4v) is 3.50. The van der Waals surface area contributed by atoms with Gasteiger partial charge in [-0.1, -0.05) is 43.1 Å². The van der Waals surface area contributed by atoms with E-state index in [2.05, 4.69) is 11.8 Å². The van der Waals surface area contributed by atoms with Gasteiger partial charge in [-0.05, 0) is 37.9 Å². The van der Waals surface area contributed by atoms with Crippen molar-refractivity contribution in [3.63, 3.8) is 0 Å². The molecule has 0 amide bonds. The lowest BCUT2D eigenvalue weighted by Gasteiger charge is -2.28. The monoisotopic (exact) mass is 295 g/mol. The molecule has 0 saturated carbocycles. The van der Waals surface area contributed by atoms with E-state index in [1.165, 1.54) is 0 Å². The highest BCUT2D eigenvalue weighted by molar-refractivity contribution is 6.31. The van der Waals surface area contributed by atoms with Crippen LogP contribution in [-0.4, -0.2) is 29.1 Å². The number of benzene rings is 1. The summed E-state index contributed by atoms with van der Waals surface area (Å²) in [5.74, 6) is -0.659. The van der Waals surface area contributed by atoms with Crippen LogP contribution >= 0.6 is 11.6 Å². The minimum Gasteiger partial charge on any atom is -0.481 e. The molecule has 110 valence electrons. The largest absolute Gasteiger partial charge is 0.481 e. The van der Waals surface area contributed by atoms with Crippen LogP contribution in [0.3, 0.4) is 0 Å². The third-order valence-corrected chi connectivity index (χ3v) is 4.81. The molecule has 3 nitrogen and oxygen atoms in total. The topological polar surface area (TPSA) is 40.5 Å². The van der Waals surface area contributed by atoms with Gasteiger partial charge in [-0.15, -0.1) is 0 Å². The van der Waals surface area contributed by atoms with Crippen LogP contribution in [0.1, 0.15) is 44.7 Å². The van der Waals surface area contributed by atoms with Crippen molar-refractivity contribution >= 4 is 17.6 Å². The van der Waals surface area contributed by atoms with Crippen molar-refractivity contribution in [2.75, 3.05) is 13.1 Å². The van der Waals surface area contributed by atoms with Gasteiger partial charge in [0.1, 0.15) is 0 Å². The van der Waals surface area contributed by atoms with E-state index in [-0.39, 0.29) is 6.04 Å². The summed E-state index contributed by atoms with van der Waals surface area (Å²) in [5, 5.41) is 10.3. The van der Waals surface area contributed by atoms with E-state index in [0.29, 0.717) is 6.54 Å². The fraction of sp³-hybridized carbons (Fsp3) is 0.562. The second kappa shape index (κ2) is 6.15. The first-order chi connectivity index (χ1) is 9.50. The molecule has 1 aromatic carbocycles. The minimum atomic E-state index is -0.659. The quantitative estimate of drug-likeness (QED) is 0.893. The lowest BCUT2D eigenvalue weighted by atomic mass is 9.82. The number of rotatable bonds is 5. The number of carbonyl (C=O) groups is 1. The maximum atomic E-state index is 11.6. The van der Waals surface area contributed by atoms with E-state index in [0.717, 1.165) is 36.4 Å². The third kappa shape index (κ3) is 2.84. The molecule has 1 heterocycles. The number of likely N-dealkylation sites (tertiary alicyclic amines) is 1. The standard InChI is InChI=1S/C16H22ClNO2/c1-3-8-16(15(19)20)9-10-18(11-16)12(2)13-6-4-5-7-14(13)17/h4-7,12H,3,8-11H2,1-2H3,(H,19,20). The molecule has 1 fully saturated rings. The lowest BCUT2D eigenvalue weighted by molar-refractivity contribution is -0.148. The van der Waals surface area contributed by atoms with Crippen molar-refractivity contribution in [3.05, 3.63) is 34.9 Å². The fourth-order valence-electron chi connectivity index (χ4n) is 3.21. The molecule has 0 aliphatic carbocycles. The molecule has 0 spiro atoms. The van der Waals surface area contributed by atoms with E-state index in [1.807, 2.05) is 31.2 Å². The number of hydrogen-bond donors (Lipinski definition) is 1. The first kappa shape index (κ1) is 15.3. The molecule has 2 rings (SSSR count). The summed E-state index contributed by atoms with van der Waals surface area (Å²) in [7, 11) is 0. The SMILES string of the molecule is CCCC1(C(=O)O)CCN(C(C)c2ccccc2Cl)C1. The van der Waals surface area contributed by atoms with Crippen molar-refractivity contribution < 1.29 is 9.90 Å². The number of hydrogen-bond acceptors (Lipinski definition) is 2. The summed E-state index contributed by atoms with van der Waals surface area (Å²) in [6.07, 6.45) is 2.37. The van der Waals surface area contributed by atoms with Crippen LogP contribution in [0.4, 0.5) is 0 Å². The number of carboxylic acids is 1. The average molecular weight is 296 g/mol. The molecule has 1 aliphatic heterocycles. The Kier molecular flexibility index (Phi) is 4.71. The molecule has 0 aromatic heterocycles. The van der Waals surface area contributed by atoms with Crippen LogP contribution in [0, 0.1) is 5.41 Å². The zero-order valence-corrected chi connectivity index (χ0v) is 12.9. The Hall–Kier alpha value is -1.06. The molecule has 1 aromatic rings. The van der Waals surface area contributed by atoms with Crippen LogP contribution in [0.5, 0.6) is 0 Å². The highest BCUT2D eigenvalue weighted by Crippen LogP contribution is 2.40. The van der Waals surface area contributed by atoms with Gasteiger partial charge in [-0.25, -0.2) is 0 Å². The van der Waals surface area contributed by atoms with Crippen LogP contribution < -0.4 is 0 Å². The van der Waals surface area contributed by atoms with E-state index >= 15 is 0 Å². The summed E-state index contributed by atoms with van der Waals surface area (Å²) in [6.45, 7) is 5.58. The Balaban J connectivity index is 2.16. The predicted molar refractivity (Wildman–Crippen MR) is 81.0 cm³/mol. The third-order valence-electron chi connectivity index (χ3n) is 4.47. The zero-order valence-electron chi connectivity index (χ0n) is 12.1. The Morgan fingerprint density at radius 3 is 2.80 bits per heavy atom. The summed E-state index contributed by atoms with van der Waals surface area (Å²) in [5.41, 5.74) is 0.497. The number of carboxylic acid groups (broad SMARTS) is 1. The van der Waals surface area contributed by atoms with Crippen molar-refractivity contribution in [2.45, 2.75) is 39.2 Å². The summed E-state index contributed by atoms with van der Waals surface area (Å²) >= 11 is 6.25. The van der Waals surface area contributed by atoms with Crippen molar-refractivity contribution in [1.82, 2.24) is 4.90 Å². The van der Waals surface area contributed by atoms with E-state index in [9.17, 15) is 9.90 Å². The van der Waals surface area contributed by atoms with Gasteiger partial charge in [-0.3, -0.25) is 9.69 Å². The smallest absolute Gasteiger partial charge is 0.310 e. The summed E-state index contributed by atoms with van der Waals surface area (Å²) < 4.78 is 0. The van der Waals surface area contributed by atoms with Crippen LogP contribution in [0.2, 0.25) is 5.02 Å². The van der Waals surface area contributed by atoms with Crippen LogP contribution in [0.25, 0.3) is 0 Å².